The maximum absolute atomic E-state index is 12.9. The van der Waals surface area contributed by atoms with Gasteiger partial charge < -0.3 is 9.64 Å². The highest BCUT2D eigenvalue weighted by atomic mass is 32.2. The zero-order chi connectivity index (χ0) is 19.1. The molecule has 138 valence electrons. The van der Waals surface area contributed by atoms with Crippen LogP contribution in [0.3, 0.4) is 0 Å². The number of likely N-dealkylation sites (N-methyl/N-ethyl adjacent to an activating group) is 1. The molecule has 0 N–H and O–H groups in total. The van der Waals surface area contributed by atoms with Crippen LogP contribution in [0.1, 0.15) is 15.9 Å². The van der Waals surface area contributed by atoms with Gasteiger partial charge in [0.15, 0.2) is 0 Å². The lowest BCUT2D eigenvalue weighted by Gasteiger charge is -2.19. The first-order chi connectivity index (χ1) is 13.1. The summed E-state index contributed by atoms with van der Waals surface area (Å²) in [6.07, 6.45) is 1.71. The predicted molar refractivity (Wildman–Crippen MR) is 108 cm³/mol. The van der Waals surface area contributed by atoms with Crippen molar-refractivity contribution >= 4 is 17.7 Å². The van der Waals surface area contributed by atoms with E-state index in [0.717, 1.165) is 10.6 Å². The molecule has 1 amide bonds. The van der Waals surface area contributed by atoms with E-state index >= 15 is 0 Å². The lowest BCUT2D eigenvalue weighted by Crippen LogP contribution is -2.31. The number of pyridine rings is 1. The molecule has 0 saturated carbocycles. The van der Waals surface area contributed by atoms with Crippen molar-refractivity contribution in [3.63, 3.8) is 0 Å². The summed E-state index contributed by atoms with van der Waals surface area (Å²) in [6, 6.07) is 21.4. The Hall–Kier alpha value is -2.79. The molecule has 2 aromatic carbocycles. The van der Waals surface area contributed by atoms with Gasteiger partial charge in [0.2, 0.25) is 0 Å². The standard InChI is InChI=1S/C22H22N2O2S/c1-17-10-12-18(13-11-17)26-16-15-24(2)22(25)20-9-6-14-23-21(20)27-19-7-4-3-5-8-19/h3-14H,15-16H2,1-2H3. The molecule has 0 atom stereocenters. The van der Waals surface area contributed by atoms with Gasteiger partial charge >= 0.3 is 0 Å². The number of amides is 1. The highest BCUT2D eigenvalue weighted by Crippen LogP contribution is 2.28. The van der Waals surface area contributed by atoms with Crippen molar-refractivity contribution in [2.24, 2.45) is 0 Å². The summed E-state index contributed by atoms with van der Waals surface area (Å²) in [5.41, 5.74) is 1.79. The summed E-state index contributed by atoms with van der Waals surface area (Å²) >= 11 is 1.49. The Bertz CT molecular complexity index is 882. The van der Waals surface area contributed by atoms with Crippen LogP contribution in [-0.4, -0.2) is 36.0 Å². The monoisotopic (exact) mass is 378 g/mol. The van der Waals surface area contributed by atoms with Crippen LogP contribution in [0.15, 0.2) is 82.8 Å². The molecular weight excluding hydrogens is 356 g/mol. The van der Waals surface area contributed by atoms with Gasteiger partial charge in [0.05, 0.1) is 12.1 Å². The molecule has 0 saturated heterocycles. The number of aromatic nitrogens is 1. The summed E-state index contributed by atoms with van der Waals surface area (Å²) in [7, 11) is 1.78. The lowest BCUT2D eigenvalue weighted by atomic mass is 10.2. The van der Waals surface area contributed by atoms with Crippen LogP contribution in [0.5, 0.6) is 5.75 Å². The van der Waals surface area contributed by atoms with Gasteiger partial charge in [0, 0.05) is 18.1 Å². The van der Waals surface area contributed by atoms with Crippen molar-refractivity contribution in [1.29, 1.82) is 0 Å². The number of rotatable bonds is 7. The smallest absolute Gasteiger partial charge is 0.256 e. The van der Waals surface area contributed by atoms with Crippen LogP contribution in [0.25, 0.3) is 0 Å². The van der Waals surface area contributed by atoms with E-state index in [-0.39, 0.29) is 5.91 Å². The molecule has 0 fully saturated rings. The summed E-state index contributed by atoms with van der Waals surface area (Å²) in [4.78, 5) is 20.0. The van der Waals surface area contributed by atoms with Gasteiger partial charge in [0.1, 0.15) is 17.4 Å². The Balaban J connectivity index is 1.62. The van der Waals surface area contributed by atoms with Crippen molar-refractivity contribution in [1.82, 2.24) is 9.88 Å². The van der Waals surface area contributed by atoms with E-state index in [9.17, 15) is 4.79 Å². The summed E-state index contributed by atoms with van der Waals surface area (Å²) in [5.74, 6) is 0.747. The Kier molecular flexibility index (Phi) is 6.49. The molecule has 5 heteroatoms. The predicted octanol–water partition coefficient (Wildman–Crippen LogP) is 4.69. The van der Waals surface area contributed by atoms with Crippen LogP contribution in [-0.2, 0) is 0 Å². The fourth-order valence-corrected chi connectivity index (χ4v) is 3.37. The number of nitrogens with zero attached hydrogens (tertiary/aromatic N) is 2. The van der Waals surface area contributed by atoms with Gasteiger partial charge in [-0.05, 0) is 43.3 Å². The van der Waals surface area contributed by atoms with Gasteiger partial charge in [-0.25, -0.2) is 4.98 Å². The van der Waals surface area contributed by atoms with Crippen LogP contribution in [0, 0.1) is 6.92 Å². The summed E-state index contributed by atoms with van der Waals surface area (Å²) in [6.45, 7) is 2.97. The van der Waals surface area contributed by atoms with Crippen LogP contribution in [0.4, 0.5) is 0 Å². The molecule has 1 aromatic heterocycles. The average Bonchev–Trinajstić information content (AvgIpc) is 2.70. The number of ether oxygens (including phenoxy) is 1. The second-order valence-corrected chi connectivity index (χ2v) is 7.22. The van der Waals surface area contributed by atoms with Crippen molar-refractivity contribution in [2.75, 3.05) is 20.2 Å². The Morgan fingerprint density at radius 3 is 2.52 bits per heavy atom. The minimum absolute atomic E-state index is 0.0611. The maximum Gasteiger partial charge on any atom is 0.256 e. The van der Waals surface area contributed by atoms with E-state index in [1.54, 1.807) is 24.2 Å². The molecule has 0 aliphatic heterocycles. The van der Waals surface area contributed by atoms with E-state index in [1.807, 2.05) is 67.6 Å². The van der Waals surface area contributed by atoms with Gasteiger partial charge in [-0.3, -0.25) is 4.79 Å². The number of carbonyl (C=O) groups is 1. The molecule has 1 heterocycles. The summed E-state index contributed by atoms with van der Waals surface area (Å²) in [5, 5.41) is 0.708. The van der Waals surface area contributed by atoms with Crippen molar-refractivity contribution in [3.05, 3.63) is 84.1 Å². The topological polar surface area (TPSA) is 42.4 Å². The highest BCUT2D eigenvalue weighted by molar-refractivity contribution is 7.99. The zero-order valence-corrected chi connectivity index (χ0v) is 16.3. The van der Waals surface area contributed by atoms with Crippen molar-refractivity contribution < 1.29 is 9.53 Å². The first-order valence-electron chi connectivity index (χ1n) is 8.76. The normalized spacial score (nSPS) is 10.4. The molecule has 3 aromatic rings. The molecule has 0 unspecified atom stereocenters. The molecule has 0 aliphatic carbocycles. The molecule has 0 aliphatic rings. The average molecular weight is 378 g/mol. The molecule has 0 bridgehead atoms. The van der Waals surface area contributed by atoms with E-state index in [0.29, 0.717) is 23.7 Å². The van der Waals surface area contributed by atoms with Crippen LogP contribution in [0.2, 0.25) is 0 Å². The minimum atomic E-state index is -0.0611. The SMILES string of the molecule is Cc1ccc(OCCN(C)C(=O)c2cccnc2Sc2ccccc2)cc1. The third-order valence-electron chi connectivity index (χ3n) is 4.02. The minimum Gasteiger partial charge on any atom is -0.492 e. The zero-order valence-electron chi connectivity index (χ0n) is 15.5. The maximum atomic E-state index is 12.9. The first kappa shape index (κ1) is 19.0. The molecule has 0 radical (unpaired) electrons. The Morgan fingerprint density at radius 2 is 1.78 bits per heavy atom. The quantitative estimate of drug-likeness (QED) is 0.598. The number of carbonyl (C=O) groups excluding carboxylic acids is 1. The largest absolute Gasteiger partial charge is 0.492 e. The highest BCUT2D eigenvalue weighted by Gasteiger charge is 2.17. The Morgan fingerprint density at radius 1 is 1.04 bits per heavy atom. The van der Waals surface area contributed by atoms with E-state index < -0.39 is 0 Å². The molecule has 3 rings (SSSR count). The number of benzene rings is 2. The number of hydrogen-bond acceptors (Lipinski definition) is 4. The molecular formula is C22H22N2O2S. The molecule has 4 nitrogen and oxygen atoms in total. The van der Waals surface area contributed by atoms with Gasteiger partial charge in [-0.1, -0.05) is 47.7 Å². The lowest BCUT2D eigenvalue weighted by molar-refractivity contribution is 0.0769. The van der Waals surface area contributed by atoms with Crippen molar-refractivity contribution in [2.45, 2.75) is 16.8 Å². The van der Waals surface area contributed by atoms with Crippen molar-refractivity contribution in [3.8, 4) is 5.75 Å². The molecule has 0 spiro atoms. The number of aryl methyl sites for hydroxylation is 1. The summed E-state index contributed by atoms with van der Waals surface area (Å²) < 4.78 is 5.73. The first-order valence-corrected chi connectivity index (χ1v) is 9.58. The van der Waals surface area contributed by atoms with E-state index in [2.05, 4.69) is 4.98 Å². The fourth-order valence-electron chi connectivity index (χ4n) is 2.48. The molecule has 27 heavy (non-hydrogen) atoms. The second kappa shape index (κ2) is 9.24. The van der Waals surface area contributed by atoms with E-state index in [1.165, 1.54) is 17.3 Å². The third kappa shape index (κ3) is 5.34. The number of hydrogen-bond donors (Lipinski definition) is 0. The fraction of sp³-hybridized carbons (Fsp3) is 0.182. The van der Waals surface area contributed by atoms with Crippen LogP contribution < -0.4 is 4.74 Å². The Labute approximate surface area is 164 Å². The third-order valence-corrected chi connectivity index (χ3v) is 5.05. The van der Waals surface area contributed by atoms with Gasteiger partial charge in [0.25, 0.3) is 5.91 Å². The van der Waals surface area contributed by atoms with E-state index in [4.69, 9.17) is 4.74 Å². The van der Waals surface area contributed by atoms with Gasteiger partial charge in [-0.2, -0.15) is 0 Å². The second-order valence-electron chi connectivity index (χ2n) is 6.16. The van der Waals surface area contributed by atoms with Crippen LogP contribution >= 0.6 is 11.8 Å². The van der Waals surface area contributed by atoms with Gasteiger partial charge in [-0.15, -0.1) is 0 Å².